The highest BCUT2D eigenvalue weighted by Crippen LogP contribution is 2.13. The molecule has 0 aromatic rings. The van der Waals surface area contributed by atoms with Gasteiger partial charge in [-0.2, -0.15) is 0 Å². The van der Waals surface area contributed by atoms with Gasteiger partial charge < -0.3 is 5.32 Å². The zero-order chi connectivity index (χ0) is 8.43. The van der Waals surface area contributed by atoms with E-state index in [0.29, 0.717) is 0 Å². The van der Waals surface area contributed by atoms with Crippen molar-refractivity contribution < 1.29 is 9.59 Å². The van der Waals surface area contributed by atoms with Gasteiger partial charge in [-0.3, -0.25) is 10.1 Å². The standard InChI is InChI=1S/C6H9IN2O2/c1-2-3(7)4-5(10)9-6(11)8-4/h3-4H,2H2,1H3,(H2,8,9,10,11). The molecule has 5 heteroatoms. The second-order valence-corrected chi connectivity index (χ2v) is 3.96. The summed E-state index contributed by atoms with van der Waals surface area (Å²) in [6.45, 7) is 1.98. The van der Waals surface area contributed by atoms with E-state index in [1.165, 1.54) is 0 Å². The fourth-order valence-electron chi connectivity index (χ4n) is 0.923. The van der Waals surface area contributed by atoms with Crippen LogP contribution in [0.5, 0.6) is 0 Å². The van der Waals surface area contributed by atoms with Crippen molar-refractivity contribution in [3.63, 3.8) is 0 Å². The van der Waals surface area contributed by atoms with Gasteiger partial charge >= 0.3 is 6.03 Å². The highest BCUT2D eigenvalue weighted by molar-refractivity contribution is 14.1. The Kier molecular flexibility index (Phi) is 2.69. The predicted octanol–water partition coefficient (Wildman–Crippen LogP) is 0.408. The molecular weight excluding hydrogens is 259 g/mol. The summed E-state index contributed by atoms with van der Waals surface area (Å²) in [5.41, 5.74) is 0. The van der Waals surface area contributed by atoms with Crippen molar-refractivity contribution in [3.05, 3.63) is 0 Å². The largest absolute Gasteiger partial charge is 0.325 e. The number of alkyl halides is 1. The van der Waals surface area contributed by atoms with Crippen molar-refractivity contribution in [2.24, 2.45) is 0 Å². The number of carbonyl (C=O) groups is 2. The molecule has 1 heterocycles. The summed E-state index contributed by atoms with van der Waals surface area (Å²) in [4.78, 5) is 21.6. The van der Waals surface area contributed by atoms with E-state index in [1.807, 2.05) is 6.92 Å². The predicted molar refractivity (Wildman–Crippen MR) is 48.6 cm³/mol. The Hall–Kier alpha value is -0.330. The lowest BCUT2D eigenvalue weighted by Crippen LogP contribution is -2.36. The molecule has 0 radical (unpaired) electrons. The maximum absolute atomic E-state index is 11.0. The molecule has 0 aliphatic carbocycles. The Labute approximate surface area is 78.2 Å². The first-order valence-corrected chi connectivity index (χ1v) is 4.65. The van der Waals surface area contributed by atoms with E-state index in [1.54, 1.807) is 0 Å². The Morgan fingerprint density at radius 2 is 2.27 bits per heavy atom. The van der Waals surface area contributed by atoms with Gasteiger partial charge in [0.25, 0.3) is 5.91 Å². The molecule has 1 rings (SSSR count). The highest BCUT2D eigenvalue weighted by atomic mass is 127. The number of halogens is 1. The van der Waals surface area contributed by atoms with Gasteiger partial charge in [0.1, 0.15) is 6.04 Å². The number of nitrogens with one attached hydrogen (secondary N) is 2. The summed E-state index contributed by atoms with van der Waals surface area (Å²) >= 11 is 2.16. The topological polar surface area (TPSA) is 58.2 Å². The lowest BCUT2D eigenvalue weighted by Gasteiger charge is -2.11. The van der Waals surface area contributed by atoms with Crippen LogP contribution in [0.3, 0.4) is 0 Å². The second kappa shape index (κ2) is 3.38. The van der Waals surface area contributed by atoms with Crippen LogP contribution >= 0.6 is 22.6 Å². The quantitative estimate of drug-likeness (QED) is 0.433. The summed E-state index contributed by atoms with van der Waals surface area (Å²) < 4.78 is 0.180. The number of amides is 3. The first kappa shape index (κ1) is 8.76. The van der Waals surface area contributed by atoms with E-state index in [2.05, 4.69) is 33.2 Å². The van der Waals surface area contributed by atoms with E-state index >= 15 is 0 Å². The minimum absolute atomic E-state index is 0.180. The molecule has 2 unspecified atom stereocenters. The number of hydrogen-bond acceptors (Lipinski definition) is 2. The molecule has 2 atom stereocenters. The van der Waals surface area contributed by atoms with Gasteiger partial charge in [-0.1, -0.05) is 29.5 Å². The van der Waals surface area contributed by atoms with Gasteiger partial charge in [-0.15, -0.1) is 0 Å². The molecule has 11 heavy (non-hydrogen) atoms. The molecule has 0 bridgehead atoms. The number of hydrogen-bond donors (Lipinski definition) is 2. The average Bonchev–Trinajstić information content (AvgIpc) is 2.28. The zero-order valence-electron chi connectivity index (χ0n) is 6.06. The third-order valence-electron chi connectivity index (χ3n) is 1.56. The second-order valence-electron chi connectivity index (χ2n) is 2.36. The van der Waals surface area contributed by atoms with Crippen molar-refractivity contribution in [2.45, 2.75) is 23.3 Å². The van der Waals surface area contributed by atoms with Crippen molar-refractivity contribution in [1.82, 2.24) is 10.6 Å². The van der Waals surface area contributed by atoms with Crippen LogP contribution in [0.4, 0.5) is 4.79 Å². The van der Waals surface area contributed by atoms with Crippen LogP contribution in [0, 0.1) is 0 Å². The van der Waals surface area contributed by atoms with Crippen molar-refractivity contribution in [3.8, 4) is 0 Å². The molecule has 0 aromatic heterocycles. The minimum atomic E-state index is -0.380. The third-order valence-corrected chi connectivity index (χ3v) is 3.16. The van der Waals surface area contributed by atoms with Crippen molar-refractivity contribution >= 4 is 34.5 Å². The van der Waals surface area contributed by atoms with E-state index in [0.717, 1.165) is 6.42 Å². The van der Waals surface area contributed by atoms with Gasteiger partial charge in [0.05, 0.1) is 0 Å². The first-order chi connectivity index (χ1) is 5.15. The lowest BCUT2D eigenvalue weighted by molar-refractivity contribution is -0.120. The Morgan fingerprint density at radius 1 is 1.64 bits per heavy atom. The van der Waals surface area contributed by atoms with E-state index in [9.17, 15) is 9.59 Å². The molecule has 0 spiro atoms. The lowest BCUT2D eigenvalue weighted by atomic mass is 10.2. The summed E-state index contributed by atoms with van der Waals surface area (Å²) in [6.07, 6.45) is 0.874. The first-order valence-electron chi connectivity index (χ1n) is 3.40. The number of rotatable bonds is 2. The monoisotopic (exact) mass is 268 g/mol. The Bertz CT molecular complexity index is 195. The van der Waals surface area contributed by atoms with Crippen molar-refractivity contribution in [1.29, 1.82) is 0 Å². The van der Waals surface area contributed by atoms with Gasteiger partial charge in [-0.25, -0.2) is 4.79 Å². The van der Waals surface area contributed by atoms with E-state index in [-0.39, 0.29) is 21.9 Å². The van der Waals surface area contributed by atoms with Crippen LogP contribution in [0.1, 0.15) is 13.3 Å². The molecule has 3 amide bonds. The minimum Gasteiger partial charge on any atom is -0.325 e. The van der Waals surface area contributed by atoms with E-state index < -0.39 is 0 Å². The molecule has 0 aromatic carbocycles. The maximum atomic E-state index is 11.0. The number of carbonyl (C=O) groups excluding carboxylic acids is 2. The van der Waals surface area contributed by atoms with Crippen molar-refractivity contribution in [2.75, 3.05) is 0 Å². The number of imide groups is 1. The molecule has 1 fully saturated rings. The smallest absolute Gasteiger partial charge is 0.322 e. The van der Waals surface area contributed by atoms with E-state index in [4.69, 9.17) is 0 Å². The summed E-state index contributed by atoms with van der Waals surface area (Å²) in [6, 6.07) is -0.719. The molecule has 1 aliphatic rings. The van der Waals surface area contributed by atoms with Crippen LogP contribution in [-0.4, -0.2) is 21.9 Å². The van der Waals surface area contributed by atoms with Crippen LogP contribution < -0.4 is 10.6 Å². The van der Waals surface area contributed by atoms with Crippen LogP contribution in [0.2, 0.25) is 0 Å². The third kappa shape index (κ3) is 1.82. The fraction of sp³-hybridized carbons (Fsp3) is 0.667. The zero-order valence-corrected chi connectivity index (χ0v) is 8.21. The molecule has 2 N–H and O–H groups in total. The average molecular weight is 268 g/mol. The Balaban J connectivity index is 2.59. The summed E-state index contributed by atoms with van der Waals surface area (Å²) in [5.74, 6) is -0.212. The molecule has 0 saturated carbocycles. The van der Waals surface area contributed by atoms with Gasteiger partial charge in [0.15, 0.2) is 0 Å². The van der Waals surface area contributed by atoms with Gasteiger partial charge in [0, 0.05) is 3.92 Å². The molecule has 4 nitrogen and oxygen atoms in total. The van der Waals surface area contributed by atoms with Gasteiger partial charge in [-0.05, 0) is 6.42 Å². The van der Waals surface area contributed by atoms with Gasteiger partial charge in [0.2, 0.25) is 0 Å². The molecular formula is C6H9IN2O2. The summed E-state index contributed by atoms with van der Waals surface area (Å²) in [5, 5.41) is 4.74. The molecule has 1 saturated heterocycles. The fourth-order valence-corrected chi connectivity index (χ4v) is 1.43. The maximum Gasteiger partial charge on any atom is 0.322 e. The summed E-state index contributed by atoms with van der Waals surface area (Å²) in [7, 11) is 0. The SMILES string of the molecule is CCC(I)C1NC(=O)NC1=O. The molecule has 62 valence electrons. The number of urea groups is 1. The highest BCUT2D eigenvalue weighted by Gasteiger charge is 2.33. The Morgan fingerprint density at radius 3 is 2.64 bits per heavy atom. The molecule has 1 aliphatic heterocycles. The van der Waals surface area contributed by atoms with Crippen LogP contribution in [0.25, 0.3) is 0 Å². The van der Waals surface area contributed by atoms with Crippen LogP contribution in [0.15, 0.2) is 0 Å². The normalized spacial score (nSPS) is 26.2. The van der Waals surface area contributed by atoms with Crippen LogP contribution in [-0.2, 0) is 4.79 Å².